The van der Waals surface area contributed by atoms with E-state index >= 15 is 0 Å². The molecule has 0 aromatic heterocycles. The Hall–Kier alpha value is -4.13. The smallest absolute Gasteiger partial charge is 0.332 e. The molecule has 1 saturated heterocycles. The van der Waals surface area contributed by atoms with Crippen molar-refractivity contribution >= 4 is 29.2 Å². The molecule has 4 rings (SSSR count). The van der Waals surface area contributed by atoms with E-state index in [9.17, 15) is 14.4 Å². The van der Waals surface area contributed by atoms with Gasteiger partial charge in [0.1, 0.15) is 11.8 Å². The molecule has 7 nitrogen and oxygen atoms in total. The second-order valence-electron chi connectivity index (χ2n) is 8.36. The van der Waals surface area contributed by atoms with Crippen molar-refractivity contribution in [2.75, 3.05) is 23.4 Å². The quantitative estimate of drug-likeness (QED) is 0.427. The number of urea groups is 1. The van der Waals surface area contributed by atoms with Gasteiger partial charge in [-0.15, -0.1) is 0 Å². The number of anilines is 2. The van der Waals surface area contributed by atoms with Crippen molar-refractivity contribution in [2.45, 2.75) is 32.2 Å². The summed E-state index contributed by atoms with van der Waals surface area (Å²) < 4.78 is 5.57. The number of ether oxygens (including phenoxy) is 1. The molecule has 0 bridgehead atoms. The lowest BCUT2D eigenvalue weighted by atomic mass is 10.1. The Labute approximate surface area is 205 Å². The van der Waals surface area contributed by atoms with E-state index in [0.29, 0.717) is 30.9 Å². The number of amides is 4. The molecule has 1 N–H and O–H groups in total. The lowest BCUT2D eigenvalue weighted by molar-refractivity contribution is -0.124. The van der Waals surface area contributed by atoms with Crippen LogP contribution in [0.2, 0.25) is 0 Å². The van der Waals surface area contributed by atoms with Gasteiger partial charge in [0.2, 0.25) is 5.91 Å². The molecule has 1 fully saturated rings. The van der Waals surface area contributed by atoms with Crippen molar-refractivity contribution in [3.63, 3.8) is 0 Å². The minimum Gasteiger partial charge on any atom is -0.494 e. The first kappa shape index (κ1) is 24.0. The molecule has 1 aliphatic rings. The van der Waals surface area contributed by atoms with Crippen LogP contribution < -0.4 is 15.0 Å². The SMILES string of the molecule is CCCOc1ccc(NC(=O)C[C@@H]2C(=O)N(c3ccccc3)C(=O)N2CCc2ccccc2)cc1. The van der Waals surface area contributed by atoms with Crippen molar-refractivity contribution in [3.8, 4) is 5.75 Å². The maximum absolute atomic E-state index is 13.3. The van der Waals surface area contributed by atoms with Gasteiger partial charge >= 0.3 is 6.03 Å². The van der Waals surface area contributed by atoms with Crippen LogP contribution in [0.1, 0.15) is 25.3 Å². The number of nitrogens with one attached hydrogen (secondary N) is 1. The fourth-order valence-corrected chi connectivity index (χ4v) is 4.04. The van der Waals surface area contributed by atoms with Gasteiger partial charge in [-0.1, -0.05) is 55.5 Å². The molecule has 3 aromatic rings. The summed E-state index contributed by atoms with van der Waals surface area (Å²) in [6.07, 6.45) is 1.37. The Morgan fingerprint density at radius 1 is 0.914 bits per heavy atom. The molecule has 180 valence electrons. The van der Waals surface area contributed by atoms with Gasteiger partial charge in [0, 0.05) is 12.2 Å². The minimum atomic E-state index is -0.876. The van der Waals surface area contributed by atoms with Gasteiger partial charge in [0.25, 0.3) is 5.91 Å². The number of rotatable bonds is 10. The van der Waals surface area contributed by atoms with E-state index in [1.54, 1.807) is 48.5 Å². The highest BCUT2D eigenvalue weighted by Crippen LogP contribution is 2.27. The van der Waals surface area contributed by atoms with Crippen molar-refractivity contribution in [1.82, 2.24) is 4.90 Å². The van der Waals surface area contributed by atoms with Crippen LogP contribution in [0.15, 0.2) is 84.9 Å². The summed E-state index contributed by atoms with van der Waals surface area (Å²) >= 11 is 0. The van der Waals surface area contributed by atoms with E-state index in [1.165, 1.54) is 9.80 Å². The number of benzene rings is 3. The molecule has 35 heavy (non-hydrogen) atoms. The number of para-hydroxylation sites is 1. The van der Waals surface area contributed by atoms with Crippen molar-refractivity contribution in [1.29, 1.82) is 0 Å². The summed E-state index contributed by atoms with van der Waals surface area (Å²) in [5, 5.41) is 2.83. The molecule has 1 aliphatic heterocycles. The molecule has 0 spiro atoms. The van der Waals surface area contributed by atoms with E-state index in [-0.39, 0.29) is 12.3 Å². The van der Waals surface area contributed by atoms with Crippen molar-refractivity contribution in [3.05, 3.63) is 90.5 Å². The average molecular weight is 472 g/mol. The largest absolute Gasteiger partial charge is 0.494 e. The van der Waals surface area contributed by atoms with Gasteiger partial charge in [-0.25, -0.2) is 9.69 Å². The molecule has 1 atom stereocenters. The maximum Gasteiger partial charge on any atom is 0.332 e. The number of hydrogen-bond donors (Lipinski definition) is 1. The highest BCUT2D eigenvalue weighted by Gasteiger charge is 2.46. The third-order valence-electron chi connectivity index (χ3n) is 5.81. The van der Waals surface area contributed by atoms with Crippen LogP contribution in [-0.4, -0.2) is 41.9 Å². The highest BCUT2D eigenvalue weighted by molar-refractivity contribution is 6.22. The fourth-order valence-electron chi connectivity index (χ4n) is 4.04. The molecule has 7 heteroatoms. The van der Waals surface area contributed by atoms with Crippen LogP contribution in [0.5, 0.6) is 5.75 Å². The van der Waals surface area contributed by atoms with Crippen LogP contribution >= 0.6 is 0 Å². The number of imide groups is 1. The van der Waals surface area contributed by atoms with Crippen LogP contribution in [0.3, 0.4) is 0 Å². The molecule has 3 aromatic carbocycles. The standard InChI is InChI=1S/C28H29N3O4/c1-2-19-35-24-15-13-22(14-16-24)29-26(32)20-25-27(33)31(23-11-7-4-8-12-23)28(34)30(25)18-17-21-9-5-3-6-10-21/h3-16,25H,2,17-20H2,1H3,(H,29,32)/t25-/m1/s1. The van der Waals surface area contributed by atoms with Crippen LogP contribution in [-0.2, 0) is 16.0 Å². The molecule has 0 saturated carbocycles. The fraction of sp³-hybridized carbons (Fsp3) is 0.250. The summed E-state index contributed by atoms with van der Waals surface area (Å²) in [6, 6.07) is 24.4. The molecule has 0 aliphatic carbocycles. The molecule has 0 unspecified atom stereocenters. The monoisotopic (exact) mass is 471 g/mol. The number of carbonyl (C=O) groups excluding carboxylic acids is 3. The maximum atomic E-state index is 13.3. The lowest BCUT2D eigenvalue weighted by Crippen LogP contribution is -2.39. The van der Waals surface area contributed by atoms with Gasteiger partial charge < -0.3 is 15.0 Å². The molecule has 1 heterocycles. The number of nitrogens with zero attached hydrogens (tertiary/aromatic N) is 2. The third-order valence-corrected chi connectivity index (χ3v) is 5.81. The first-order chi connectivity index (χ1) is 17.1. The highest BCUT2D eigenvalue weighted by atomic mass is 16.5. The van der Waals surface area contributed by atoms with E-state index < -0.39 is 18.0 Å². The predicted octanol–water partition coefficient (Wildman–Crippen LogP) is 4.88. The molecular weight excluding hydrogens is 442 g/mol. The van der Waals surface area contributed by atoms with Crippen molar-refractivity contribution < 1.29 is 19.1 Å². The van der Waals surface area contributed by atoms with Crippen LogP contribution in [0.25, 0.3) is 0 Å². The van der Waals surface area contributed by atoms with E-state index in [1.807, 2.05) is 43.3 Å². The summed E-state index contributed by atoms with van der Waals surface area (Å²) in [7, 11) is 0. The number of hydrogen-bond acceptors (Lipinski definition) is 4. The Morgan fingerprint density at radius 3 is 2.23 bits per heavy atom. The minimum absolute atomic E-state index is 0.128. The van der Waals surface area contributed by atoms with E-state index in [2.05, 4.69) is 5.32 Å². The first-order valence-corrected chi connectivity index (χ1v) is 11.8. The Morgan fingerprint density at radius 2 is 1.57 bits per heavy atom. The third kappa shape index (κ3) is 5.87. The van der Waals surface area contributed by atoms with Gasteiger partial charge in [-0.05, 0) is 54.8 Å². The zero-order chi connectivity index (χ0) is 24.6. The topological polar surface area (TPSA) is 79.0 Å². The van der Waals surface area contributed by atoms with Crippen LogP contribution in [0, 0.1) is 0 Å². The normalized spacial score (nSPS) is 15.4. The second kappa shape index (κ2) is 11.3. The first-order valence-electron chi connectivity index (χ1n) is 11.8. The Kier molecular flexibility index (Phi) is 7.77. The summed E-state index contributed by atoms with van der Waals surface area (Å²) in [5.74, 6) is -0.00210. The molecular formula is C28H29N3O4. The number of carbonyl (C=O) groups is 3. The van der Waals surface area contributed by atoms with Gasteiger partial charge in [0.05, 0.1) is 18.7 Å². The Balaban J connectivity index is 1.48. The van der Waals surface area contributed by atoms with Crippen molar-refractivity contribution in [2.24, 2.45) is 0 Å². The van der Waals surface area contributed by atoms with E-state index in [4.69, 9.17) is 4.74 Å². The zero-order valence-corrected chi connectivity index (χ0v) is 19.7. The molecule has 0 radical (unpaired) electrons. The average Bonchev–Trinajstić information content (AvgIpc) is 3.11. The summed E-state index contributed by atoms with van der Waals surface area (Å²) in [6.45, 7) is 2.99. The van der Waals surface area contributed by atoms with Gasteiger partial charge in [-0.3, -0.25) is 9.59 Å². The van der Waals surface area contributed by atoms with Crippen LogP contribution in [0.4, 0.5) is 16.2 Å². The summed E-state index contributed by atoms with van der Waals surface area (Å²) in [5.41, 5.74) is 2.16. The Bertz CT molecular complexity index is 1150. The second-order valence-corrected chi connectivity index (χ2v) is 8.36. The van der Waals surface area contributed by atoms with Gasteiger partial charge in [0.15, 0.2) is 0 Å². The van der Waals surface area contributed by atoms with Gasteiger partial charge in [-0.2, -0.15) is 0 Å². The van der Waals surface area contributed by atoms with E-state index in [0.717, 1.165) is 17.7 Å². The summed E-state index contributed by atoms with van der Waals surface area (Å²) in [4.78, 5) is 42.2. The predicted molar refractivity (Wildman–Crippen MR) is 135 cm³/mol. The molecule has 4 amide bonds. The zero-order valence-electron chi connectivity index (χ0n) is 19.7. The lowest BCUT2D eigenvalue weighted by Gasteiger charge is -2.21.